The lowest BCUT2D eigenvalue weighted by atomic mass is 9.97. The van der Waals surface area contributed by atoms with Gasteiger partial charge in [0.25, 0.3) is 0 Å². The van der Waals surface area contributed by atoms with Crippen LogP contribution in [0.25, 0.3) is 0 Å². The molecule has 1 aromatic carbocycles. The zero-order valence-electron chi connectivity index (χ0n) is 14.4. The average molecular weight is 330 g/mol. The first kappa shape index (κ1) is 16.6. The maximum atomic E-state index is 12.5. The Bertz CT molecular complexity index is 596. The van der Waals surface area contributed by atoms with Crippen molar-refractivity contribution in [3.05, 3.63) is 24.3 Å². The number of rotatable bonds is 4. The number of urea groups is 1. The largest absolute Gasteiger partial charge is 0.378 e. The Morgan fingerprint density at radius 1 is 1.12 bits per heavy atom. The van der Waals surface area contributed by atoms with Crippen molar-refractivity contribution in [2.24, 2.45) is 5.92 Å². The van der Waals surface area contributed by atoms with Crippen LogP contribution in [-0.4, -0.2) is 50.1 Å². The van der Waals surface area contributed by atoms with E-state index in [-0.39, 0.29) is 17.9 Å². The summed E-state index contributed by atoms with van der Waals surface area (Å²) < 4.78 is 0. The van der Waals surface area contributed by atoms with Crippen molar-refractivity contribution in [3.63, 3.8) is 0 Å². The van der Waals surface area contributed by atoms with Gasteiger partial charge in [-0.1, -0.05) is 0 Å². The van der Waals surface area contributed by atoms with Gasteiger partial charge in [-0.2, -0.15) is 0 Å². The van der Waals surface area contributed by atoms with E-state index in [9.17, 15) is 9.59 Å². The van der Waals surface area contributed by atoms with Crippen molar-refractivity contribution in [1.29, 1.82) is 0 Å². The van der Waals surface area contributed by atoms with Crippen molar-refractivity contribution in [2.45, 2.75) is 31.7 Å². The number of carbonyl (C=O) groups excluding carboxylic acids is 2. The van der Waals surface area contributed by atoms with E-state index in [0.717, 1.165) is 43.6 Å². The van der Waals surface area contributed by atoms with Crippen molar-refractivity contribution < 1.29 is 9.59 Å². The van der Waals surface area contributed by atoms with E-state index in [1.165, 1.54) is 0 Å². The highest BCUT2D eigenvalue weighted by Crippen LogP contribution is 2.22. The second-order valence-corrected chi connectivity index (χ2v) is 6.94. The molecule has 0 spiro atoms. The van der Waals surface area contributed by atoms with Crippen molar-refractivity contribution in [1.82, 2.24) is 10.2 Å². The number of piperidine rings is 1. The summed E-state index contributed by atoms with van der Waals surface area (Å²) in [6, 6.07) is 8.10. The van der Waals surface area contributed by atoms with Gasteiger partial charge < -0.3 is 20.4 Å². The van der Waals surface area contributed by atoms with Gasteiger partial charge in [0, 0.05) is 44.6 Å². The fourth-order valence-electron chi connectivity index (χ4n) is 2.96. The van der Waals surface area contributed by atoms with Gasteiger partial charge in [0.1, 0.15) is 0 Å². The quantitative estimate of drug-likeness (QED) is 0.890. The lowest BCUT2D eigenvalue weighted by Crippen LogP contribution is -2.48. The maximum absolute atomic E-state index is 12.5. The first-order chi connectivity index (χ1) is 11.5. The molecule has 2 fully saturated rings. The summed E-state index contributed by atoms with van der Waals surface area (Å²) >= 11 is 0. The maximum Gasteiger partial charge on any atom is 0.317 e. The van der Waals surface area contributed by atoms with Gasteiger partial charge in [-0.05, 0) is 49.9 Å². The average Bonchev–Trinajstić information content (AvgIpc) is 3.39. The summed E-state index contributed by atoms with van der Waals surface area (Å²) in [5, 5.41) is 5.97. The number of amides is 3. The lowest BCUT2D eigenvalue weighted by molar-refractivity contribution is -0.121. The molecule has 1 heterocycles. The molecule has 3 rings (SSSR count). The smallest absolute Gasteiger partial charge is 0.317 e. The van der Waals surface area contributed by atoms with E-state index < -0.39 is 0 Å². The molecule has 1 unspecified atom stereocenters. The Balaban J connectivity index is 1.54. The summed E-state index contributed by atoms with van der Waals surface area (Å²) in [6.45, 7) is 1.24. The molecular weight excluding hydrogens is 304 g/mol. The molecule has 2 aliphatic rings. The van der Waals surface area contributed by atoms with E-state index in [4.69, 9.17) is 0 Å². The first-order valence-corrected chi connectivity index (χ1v) is 8.66. The third-order valence-electron chi connectivity index (χ3n) is 4.64. The molecule has 24 heavy (non-hydrogen) atoms. The molecule has 6 nitrogen and oxygen atoms in total. The van der Waals surface area contributed by atoms with Gasteiger partial charge in [0.15, 0.2) is 0 Å². The normalized spacial score (nSPS) is 20.4. The Morgan fingerprint density at radius 3 is 2.46 bits per heavy atom. The zero-order valence-corrected chi connectivity index (χ0v) is 14.4. The van der Waals surface area contributed by atoms with Crippen molar-refractivity contribution in [2.75, 3.05) is 37.4 Å². The van der Waals surface area contributed by atoms with Crippen LogP contribution >= 0.6 is 0 Å². The molecule has 0 aromatic heterocycles. The molecule has 2 N–H and O–H groups in total. The summed E-state index contributed by atoms with van der Waals surface area (Å²) in [6.07, 6.45) is 3.85. The van der Waals surface area contributed by atoms with Gasteiger partial charge in [-0.3, -0.25) is 4.79 Å². The monoisotopic (exact) mass is 330 g/mol. The molecule has 1 saturated carbocycles. The van der Waals surface area contributed by atoms with Crippen LogP contribution in [0.15, 0.2) is 24.3 Å². The zero-order chi connectivity index (χ0) is 17.1. The summed E-state index contributed by atoms with van der Waals surface area (Å²) in [4.78, 5) is 28.5. The fourth-order valence-corrected chi connectivity index (χ4v) is 2.96. The molecule has 1 aliphatic carbocycles. The summed E-state index contributed by atoms with van der Waals surface area (Å²) in [7, 11) is 3.97. The summed E-state index contributed by atoms with van der Waals surface area (Å²) in [5.41, 5.74) is 1.89. The second-order valence-electron chi connectivity index (χ2n) is 6.94. The molecule has 6 heteroatoms. The van der Waals surface area contributed by atoms with Gasteiger partial charge in [0.2, 0.25) is 5.91 Å². The molecule has 130 valence electrons. The van der Waals surface area contributed by atoms with Crippen molar-refractivity contribution in [3.8, 4) is 0 Å². The van der Waals surface area contributed by atoms with E-state index in [2.05, 4.69) is 10.6 Å². The number of hydrogen-bond donors (Lipinski definition) is 2. The topological polar surface area (TPSA) is 64.7 Å². The van der Waals surface area contributed by atoms with E-state index in [0.29, 0.717) is 12.6 Å². The van der Waals surface area contributed by atoms with Gasteiger partial charge in [-0.15, -0.1) is 0 Å². The van der Waals surface area contributed by atoms with Crippen LogP contribution < -0.4 is 15.5 Å². The van der Waals surface area contributed by atoms with Crippen LogP contribution in [0.4, 0.5) is 16.2 Å². The fraction of sp³-hybridized carbons (Fsp3) is 0.556. The van der Waals surface area contributed by atoms with E-state index in [1.54, 1.807) is 4.90 Å². The lowest BCUT2D eigenvalue weighted by Gasteiger charge is -2.32. The number of hydrogen-bond acceptors (Lipinski definition) is 3. The van der Waals surface area contributed by atoms with Crippen LogP contribution in [0.1, 0.15) is 25.7 Å². The predicted molar refractivity (Wildman–Crippen MR) is 95.2 cm³/mol. The molecule has 1 saturated heterocycles. The van der Waals surface area contributed by atoms with Gasteiger partial charge in [0.05, 0.1) is 5.92 Å². The molecule has 0 radical (unpaired) electrons. The van der Waals surface area contributed by atoms with Crippen LogP contribution in [0, 0.1) is 5.92 Å². The van der Waals surface area contributed by atoms with Gasteiger partial charge >= 0.3 is 6.03 Å². The number of benzene rings is 1. The van der Waals surface area contributed by atoms with Crippen LogP contribution in [-0.2, 0) is 4.79 Å². The highest BCUT2D eigenvalue weighted by atomic mass is 16.2. The molecular formula is C18H26N4O2. The minimum atomic E-state index is -0.141. The second kappa shape index (κ2) is 7.11. The standard InChI is InChI=1S/C18H26N4O2/c1-21(2)16-9-7-14(8-10-16)19-17(23)13-4-3-11-22(12-13)18(24)20-15-5-6-15/h7-10,13,15H,3-6,11-12H2,1-2H3,(H,19,23)(H,20,24). The number of nitrogens with one attached hydrogen (secondary N) is 2. The number of nitrogens with zero attached hydrogens (tertiary/aromatic N) is 2. The molecule has 1 aliphatic heterocycles. The minimum absolute atomic E-state index is 0.00322. The molecule has 1 atom stereocenters. The molecule has 0 bridgehead atoms. The highest BCUT2D eigenvalue weighted by molar-refractivity contribution is 5.93. The van der Waals surface area contributed by atoms with Crippen molar-refractivity contribution >= 4 is 23.3 Å². The molecule has 3 amide bonds. The Morgan fingerprint density at radius 2 is 1.83 bits per heavy atom. The number of carbonyl (C=O) groups is 2. The van der Waals surface area contributed by atoms with Crippen LogP contribution in [0.5, 0.6) is 0 Å². The predicted octanol–water partition coefficient (Wildman–Crippen LogP) is 2.28. The Labute approximate surface area is 143 Å². The third-order valence-corrected chi connectivity index (χ3v) is 4.64. The minimum Gasteiger partial charge on any atom is -0.378 e. The SMILES string of the molecule is CN(C)c1ccc(NC(=O)C2CCCN(C(=O)NC3CC3)C2)cc1. The first-order valence-electron chi connectivity index (χ1n) is 8.66. The number of likely N-dealkylation sites (tertiary alicyclic amines) is 1. The van der Waals surface area contributed by atoms with E-state index >= 15 is 0 Å². The summed E-state index contributed by atoms with van der Waals surface area (Å²) in [5.74, 6) is -0.145. The Kier molecular flexibility index (Phi) is 4.92. The Hall–Kier alpha value is -2.24. The third kappa shape index (κ3) is 4.19. The highest BCUT2D eigenvalue weighted by Gasteiger charge is 2.31. The van der Waals surface area contributed by atoms with Gasteiger partial charge in [-0.25, -0.2) is 4.79 Å². The van der Waals surface area contributed by atoms with E-state index in [1.807, 2.05) is 43.3 Å². The number of anilines is 2. The molecule has 1 aromatic rings. The van der Waals surface area contributed by atoms with Crippen LogP contribution in [0.2, 0.25) is 0 Å². The van der Waals surface area contributed by atoms with Crippen LogP contribution in [0.3, 0.4) is 0 Å².